The van der Waals surface area contributed by atoms with Gasteiger partial charge in [0.2, 0.25) is 11.8 Å². The summed E-state index contributed by atoms with van der Waals surface area (Å²) in [6.45, 7) is 6.13. The standard InChI is InChI=1S/C26H26FN5O/c1-16-12-20(15-28-14-16)31-26-30-11-9-23(32-26)22-4-3-10-29-25(22)33-24-17(2)5-6-18-13-19(27)7-8-21(18)24/h3-11,13,16,20,28H,12,14-15H2,1-2H3,(H,30,31,32)/t16-,20+/m1/s1. The zero-order chi connectivity index (χ0) is 22.8. The lowest BCUT2D eigenvalue weighted by atomic mass is 9.98. The van der Waals surface area contributed by atoms with Crippen LogP contribution in [0.2, 0.25) is 0 Å². The molecule has 0 radical (unpaired) electrons. The van der Waals surface area contributed by atoms with Crippen molar-refractivity contribution >= 4 is 16.7 Å². The summed E-state index contributed by atoms with van der Waals surface area (Å²) in [6, 6.07) is 14.4. The molecule has 5 rings (SSSR count). The molecule has 0 saturated carbocycles. The number of nitrogens with zero attached hydrogens (tertiary/aromatic N) is 3. The Bertz CT molecular complexity index is 1290. The first-order valence-electron chi connectivity index (χ1n) is 11.2. The number of fused-ring (bicyclic) bond motifs is 1. The Balaban J connectivity index is 1.47. The van der Waals surface area contributed by atoms with Gasteiger partial charge in [0, 0.05) is 30.4 Å². The summed E-state index contributed by atoms with van der Waals surface area (Å²) in [7, 11) is 0. The molecule has 7 heteroatoms. The summed E-state index contributed by atoms with van der Waals surface area (Å²) in [4.78, 5) is 13.6. The van der Waals surface area contributed by atoms with E-state index in [1.807, 2.05) is 37.3 Å². The molecular formula is C26H26FN5O. The summed E-state index contributed by atoms with van der Waals surface area (Å²) >= 11 is 0. The molecule has 1 aliphatic heterocycles. The number of anilines is 1. The summed E-state index contributed by atoms with van der Waals surface area (Å²) < 4.78 is 20.1. The number of ether oxygens (including phenoxy) is 1. The maximum absolute atomic E-state index is 13.7. The van der Waals surface area contributed by atoms with Crippen molar-refractivity contribution < 1.29 is 9.13 Å². The number of nitrogens with one attached hydrogen (secondary N) is 2. The number of hydrogen-bond acceptors (Lipinski definition) is 6. The highest BCUT2D eigenvalue weighted by Gasteiger charge is 2.20. The van der Waals surface area contributed by atoms with Gasteiger partial charge in [0.25, 0.3) is 0 Å². The fourth-order valence-corrected chi connectivity index (χ4v) is 4.31. The van der Waals surface area contributed by atoms with Crippen molar-refractivity contribution in [3.63, 3.8) is 0 Å². The average molecular weight is 444 g/mol. The van der Waals surface area contributed by atoms with Crippen LogP contribution in [-0.2, 0) is 0 Å². The number of rotatable bonds is 5. The minimum atomic E-state index is -0.278. The van der Waals surface area contributed by atoms with Crippen LogP contribution in [0.1, 0.15) is 18.9 Å². The van der Waals surface area contributed by atoms with E-state index in [4.69, 9.17) is 9.72 Å². The summed E-state index contributed by atoms with van der Waals surface area (Å²) in [6.07, 6.45) is 4.50. The average Bonchev–Trinajstić information content (AvgIpc) is 2.81. The highest BCUT2D eigenvalue weighted by molar-refractivity contribution is 5.90. The second-order valence-electron chi connectivity index (χ2n) is 8.64. The lowest BCUT2D eigenvalue weighted by Crippen LogP contribution is -2.42. The van der Waals surface area contributed by atoms with Gasteiger partial charge in [0.15, 0.2) is 0 Å². The van der Waals surface area contributed by atoms with Gasteiger partial charge in [0.1, 0.15) is 11.6 Å². The Kier molecular flexibility index (Phi) is 5.88. The van der Waals surface area contributed by atoms with Gasteiger partial charge in [-0.15, -0.1) is 0 Å². The van der Waals surface area contributed by atoms with Crippen LogP contribution in [0.4, 0.5) is 10.3 Å². The van der Waals surface area contributed by atoms with Gasteiger partial charge in [0.05, 0.1) is 11.3 Å². The molecule has 1 aliphatic rings. The van der Waals surface area contributed by atoms with Crippen molar-refractivity contribution in [1.29, 1.82) is 0 Å². The molecule has 2 aromatic carbocycles. The predicted octanol–water partition coefficient (Wildman–Crippen LogP) is 5.34. The fourth-order valence-electron chi connectivity index (χ4n) is 4.31. The van der Waals surface area contributed by atoms with Crippen LogP contribution in [0.25, 0.3) is 22.0 Å². The zero-order valence-corrected chi connectivity index (χ0v) is 18.7. The molecule has 2 atom stereocenters. The molecule has 6 nitrogen and oxygen atoms in total. The summed E-state index contributed by atoms with van der Waals surface area (Å²) in [5.41, 5.74) is 2.42. The Morgan fingerprint density at radius 1 is 1.06 bits per heavy atom. The predicted molar refractivity (Wildman–Crippen MR) is 128 cm³/mol. The Morgan fingerprint density at radius 2 is 1.97 bits per heavy atom. The van der Waals surface area contributed by atoms with Crippen LogP contribution in [-0.4, -0.2) is 34.1 Å². The number of benzene rings is 2. The molecule has 0 amide bonds. The van der Waals surface area contributed by atoms with Gasteiger partial charge in [-0.25, -0.2) is 19.3 Å². The van der Waals surface area contributed by atoms with Crippen molar-refractivity contribution in [2.75, 3.05) is 18.4 Å². The summed E-state index contributed by atoms with van der Waals surface area (Å²) in [5.74, 6) is 2.01. The van der Waals surface area contributed by atoms with Crippen LogP contribution < -0.4 is 15.4 Å². The number of aromatic nitrogens is 3. The Morgan fingerprint density at radius 3 is 2.85 bits per heavy atom. The number of halogens is 1. The van der Waals surface area contributed by atoms with Crippen molar-refractivity contribution in [2.24, 2.45) is 5.92 Å². The molecule has 3 heterocycles. The van der Waals surface area contributed by atoms with E-state index in [1.165, 1.54) is 12.1 Å². The number of aryl methyl sites for hydroxylation is 1. The molecule has 33 heavy (non-hydrogen) atoms. The van der Waals surface area contributed by atoms with E-state index >= 15 is 0 Å². The normalized spacial score (nSPS) is 18.3. The quantitative estimate of drug-likeness (QED) is 0.434. The molecule has 2 N–H and O–H groups in total. The zero-order valence-electron chi connectivity index (χ0n) is 18.7. The Labute approximate surface area is 192 Å². The maximum Gasteiger partial charge on any atom is 0.228 e. The summed E-state index contributed by atoms with van der Waals surface area (Å²) in [5, 5.41) is 8.49. The molecule has 0 spiro atoms. The molecule has 4 aromatic rings. The third-order valence-corrected chi connectivity index (χ3v) is 5.93. The number of hydrogen-bond donors (Lipinski definition) is 2. The maximum atomic E-state index is 13.7. The smallest absolute Gasteiger partial charge is 0.228 e. The molecule has 0 unspecified atom stereocenters. The fraction of sp³-hybridized carbons (Fsp3) is 0.269. The van der Waals surface area contributed by atoms with E-state index in [9.17, 15) is 4.39 Å². The van der Waals surface area contributed by atoms with E-state index in [1.54, 1.807) is 18.5 Å². The monoisotopic (exact) mass is 443 g/mol. The minimum Gasteiger partial charge on any atom is -0.437 e. The lowest BCUT2D eigenvalue weighted by Gasteiger charge is -2.28. The second kappa shape index (κ2) is 9.11. The lowest BCUT2D eigenvalue weighted by molar-refractivity contribution is 0.377. The first kappa shape index (κ1) is 21.3. The van der Waals surface area contributed by atoms with Gasteiger partial charge in [-0.1, -0.05) is 19.1 Å². The van der Waals surface area contributed by atoms with Crippen molar-refractivity contribution in [1.82, 2.24) is 20.3 Å². The number of pyridine rings is 1. The first-order chi connectivity index (χ1) is 16.1. The molecule has 2 aromatic heterocycles. The van der Waals surface area contributed by atoms with Gasteiger partial charge in [-0.2, -0.15) is 0 Å². The molecule has 0 aliphatic carbocycles. The van der Waals surface area contributed by atoms with Crippen molar-refractivity contribution in [3.05, 3.63) is 72.3 Å². The van der Waals surface area contributed by atoms with E-state index in [0.717, 1.165) is 47.1 Å². The highest BCUT2D eigenvalue weighted by Crippen LogP contribution is 2.36. The molecule has 168 valence electrons. The van der Waals surface area contributed by atoms with Crippen molar-refractivity contribution in [3.8, 4) is 22.9 Å². The number of piperidine rings is 1. The Hall–Kier alpha value is -3.58. The van der Waals surface area contributed by atoms with Crippen LogP contribution >= 0.6 is 0 Å². The van der Waals surface area contributed by atoms with E-state index in [0.29, 0.717) is 23.5 Å². The third-order valence-electron chi connectivity index (χ3n) is 5.93. The largest absolute Gasteiger partial charge is 0.437 e. The van der Waals surface area contributed by atoms with Crippen LogP contribution in [0.5, 0.6) is 11.6 Å². The minimum absolute atomic E-state index is 0.278. The van der Waals surface area contributed by atoms with E-state index < -0.39 is 0 Å². The molecule has 1 fully saturated rings. The van der Waals surface area contributed by atoms with Crippen LogP contribution in [0, 0.1) is 18.7 Å². The van der Waals surface area contributed by atoms with E-state index in [-0.39, 0.29) is 11.9 Å². The van der Waals surface area contributed by atoms with Gasteiger partial charge >= 0.3 is 0 Å². The molecule has 0 bridgehead atoms. The topological polar surface area (TPSA) is 72.0 Å². The SMILES string of the molecule is Cc1ccc2cc(F)ccc2c1Oc1ncccc1-c1ccnc(N[C@@H]2CNC[C@H](C)C2)n1. The first-order valence-corrected chi connectivity index (χ1v) is 11.2. The van der Waals surface area contributed by atoms with Crippen LogP contribution in [0.15, 0.2) is 60.9 Å². The third kappa shape index (κ3) is 4.64. The molecule has 1 saturated heterocycles. The van der Waals surface area contributed by atoms with E-state index in [2.05, 4.69) is 27.5 Å². The van der Waals surface area contributed by atoms with Gasteiger partial charge in [-0.3, -0.25) is 0 Å². The van der Waals surface area contributed by atoms with Crippen LogP contribution in [0.3, 0.4) is 0 Å². The van der Waals surface area contributed by atoms with Crippen molar-refractivity contribution in [2.45, 2.75) is 26.3 Å². The highest BCUT2D eigenvalue weighted by atomic mass is 19.1. The molecular weight excluding hydrogens is 417 g/mol. The van der Waals surface area contributed by atoms with Gasteiger partial charge in [-0.05, 0) is 73.2 Å². The van der Waals surface area contributed by atoms with Gasteiger partial charge < -0.3 is 15.4 Å². The second-order valence-corrected chi connectivity index (χ2v) is 8.64.